The van der Waals surface area contributed by atoms with Gasteiger partial charge in [0.05, 0.1) is 17.8 Å². The van der Waals surface area contributed by atoms with E-state index < -0.39 is 23.9 Å². The van der Waals surface area contributed by atoms with Crippen LogP contribution in [-0.2, 0) is 19.2 Å². The Hall–Kier alpha value is -3.68. The summed E-state index contributed by atoms with van der Waals surface area (Å²) in [6.07, 6.45) is 21.5. The van der Waals surface area contributed by atoms with E-state index in [4.69, 9.17) is 15.3 Å². The van der Waals surface area contributed by atoms with E-state index in [9.17, 15) is 24.3 Å². The third-order valence-electron chi connectivity index (χ3n) is 9.90. The fourth-order valence-electron chi connectivity index (χ4n) is 5.95. The average molecular weight is 817 g/mol. The van der Waals surface area contributed by atoms with Crippen molar-refractivity contribution in [2.45, 2.75) is 181 Å². The maximum atomic E-state index is 11.4. The lowest BCUT2D eigenvalue weighted by Crippen LogP contribution is -2.35. The zero-order chi connectivity index (χ0) is 46.2. The Morgan fingerprint density at radius 2 is 1.02 bits per heavy atom. The zero-order valence-corrected chi connectivity index (χ0v) is 39.8. The van der Waals surface area contributed by atoms with E-state index in [1.54, 1.807) is 0 Å². The standard InChI is InChI=1S/2C15H26O2.C14H24O2.C6H12O2/c1-11(2)7-6-8-13(5)9-10-14(12(3)4)15(16)17;1-7-15(6,10-8-9-11(2)3)13(12(4)5)14(16)17;1-5-13(14(15)16)10-9-12(4)8-6-7-11(2)3;1-5(2)3-4-6(7)8/h7,9,12,14H,6,8,10H2,1-5H3,(H,16,17);7,9,12-13H,1,8,10H2,2-6H3,(H,16,17);7,9,13H,5-6,8,10H2,1-4H3,(H,15,16);5H,3-4H2,1-2H3,(H,7,8). The Morgan fingerprint density at radius 3 is 1.29 bits per heavy atom. The van der Waals surface area contributed by atoms with Gasteiger partial charge in [0.25, 0.3) is 0 Å². The minimum absolute atomic E-state index is 0.113. The summed E-state index contributed by atoms with van der Waals surface area (Å²) < 4.78 is 0. The second kappa shape index (κ2) is 35.3. The molecular weight excluding hydrogens is 729 g/mol. The predicted molar refractivity (Wildman–Crippen MR) is 246 cm³/mol. The van der Waals surface area contributed by atoms with Crippen LogP contribution in [0, 0.1) is 40.9 Å². The summed E-state index contributed by atoms with van der Waals surface area (Å²) in [4.78, 5) is 43.1. The van der Waals surface area contributed by atoms with Crippen molar-refractivity contribution in [3.05, 3.63) is 70.9 Å². The summed E-state index contributed by atoms with van der Waals surface area (Å²) in [6, 6.07) is 0. The van der Waals surface area contributed by atoms with Crippen molar-refractivity contribution in [1.29, 1.82) is 0 Å². The van der Waals surface area contributed by atoms with E-state index in [1.165, 1.54) is 27.9 Å². The van der Waals surface area contributed by atoms with Crippen molar-refractivity contribution in [1.82, 2.24) is 0 Å². The van der Waals surface area contributed by atoms with Gasteiger partial charge in [-0.05, 0) is 143 Å². The Morgan fingerprint density at radius 1 is 0.586 bits per heavy atom. The number of aliphatic carboxylic acids is 4. The van der Waals surface area contributed by atoms with E-state index in [1.807, 2.05) is 61.5 Å². The molecule has 0 amide bonds. The average Bonchev–Trinajstić information content (AvgIpc) is 3.07. The van der Waals surface area contributed by atoms with Gasteiger partial charge in [-0.3, -0.25) is 19.2 Å². The fourth-order valence-corrected chi connectivity index (χ4v) is 5.95. The van der Waals surface area contributed by atoms with Crippen molar-refractivity contribution in [3.8, 4) is 0 Å². The largest absolute Gasteiger partial charge is 0.481 e. The molecule has 0 spiro atoms. The van der Waals surface area contributed by atoms with Crippen molar-refractivity contribution in [3.63, 3.8) is 0 Å². The number of carboxylic acid groups (broad SMARTS) is 4. The van der Waals surface area contributed by atoms with Crippen molar-refractivity contribution < 1.29 is 39.6 Å². The molecule has 4 unspecified atom stereocenters. The highest BCUT2D eigenvalue weighted by Crippen LogP contribution is 2.39. The first-order valence-electron chi connectivity index (χ1n) is 21.4. The summed E-state index contributed by atoms with van der Waals surface area (Å²) in [5, 5.41) is 35.5. The van der Waals surface area contributed by atoms with Crippen LogP contribution in [0.3, 0.4) is 0 Å². The van der Waals surface area contributed by atoms with Crippen molar-refractivity contribution >= 4 is 23.9 Å². The van der Waals surface area contributed by atoms with Gasteiger partial charge in [-0.2, -0.15) is 0 Å². The van der Waals surface area contributed by atoms with E-state index in [0.29, 0.717) is 31.6 Å². The minimum atomic E-state index is -0.723. The molecule has 0 saturated heterocycles. The molecule has 8 nitrogen and oxygen atoms in total. The van der Waals surface area contributed by atoms with Gasteiger partial charge in [0.2, 0.25) is 0 Å². The second-order valence-corrected chi connectivity index (χ2v) is 17.8. The van der Waals surface area contributed by atoms with Gasteiger partial charge in [0.1, 0.15) is 0 Å². The first-order valence-corrected chi connectivity index (χ1v) is 21.4. The summed E-state index contributed by atoms with van der Waals surface area (Å²) in [6.45, 7) is 36.3. The van der Waals surface area contributed by atoms with E-state index in [0.717, 1.165) is 44.9 Å². The topological polar surface area (TPSA) is 149 Å². The first-order chi connectivity index (χ1) is 26.7. The minimum Gasteiger partial charge on any atom is -0.481 e. The maximum absolute atomic E-state index is 11.4. The van der Waals surface area contributed by atoms with E-state index in [-0.39, 0.29) is 35.0 Å². The van der Waals surface area contributed by atoms with Crippen LogP contribution >= 0.6 is 0 Å². The molecule has 4 atom stereocenters. The van der Waals surface area contributed by atoms with Gasteiger partial charge < -0.3 is 20.4 Å². The molecule has 0 rings (SSSR count). The highest BCUT2D eigenvalue weighted by molar-refractivity contribution is 5.72. The van der Waals surface area contributed by atoms with Gasteiger partial charge in [0, 0.05) is 6.42 Å². The molecule has 0 aliphatic heterocycles. The van der Waals surface area contributed by atoms with Crippen LogP contribution in [0.5, 0.6) is 0 Å². The molecule has 58 heavy (non-hydrogen) atoms. The van der Waals surface area contributed by atoms with Crippen LogP contribution in [0.2, 0.25) is 0 Å². The molecule has 0 heterocycles. The molecule has 0 bridgehead atoms. The van der Waals surface area contributed by atoms with Crippen LogP contribution < -0.4 is 0 Å². The lowest BCUT2D eigenvalue weighted by atomic mass is 9.69. The van der Waals surface area contributed by atoms with E-state index >= 15 is 0 Å². The molecule has 0 aliphatic rings. The Labute approximate surface area is 355 Å². The zero-order valence-electron chi connectivity index (χ0n) is 39.8. The highest BCUT2D eigenvalue weighted by Gasteiger charge is 2.38. The summed E-state index contributed by atoms with van der Waals surface area (Å²) >= 11 is 0. The van der Waals surface area contributed by atoms with Gasteiger partial charge in [0.15, 0.2) is 0 Å². The number of rotatable bonds is 24. The Balaban J connectivity index is -0.000000345. The quantitative estimate of drug-likeness (QED) is 0.0703. The fraction of sp³-hybridized carbons (Fsp3) is 0.680. The number of hydrogen-bond donors (Lipinski definition) is 4. The molecular formula is C50H88O8. The molecule has 336 valence electrons. The summed E-state index contributed by atoms with van der Waals surface area (Å²) in [5.74, 6) is -2.83. The summed E-state index contributed by atoms with van der Waals surface area (Å²) in [5.41, 5.74) is 6.18. The lowest BCUT2D eigenvalue weighted by molar-refractivity contribution is -0.147. The molecule has 0 aromatic rings. The predicted octanol–water partition coefficient (Wildman–Crippen LogP) is 14.4. The molecule has 0 saturated carbocycles. The van der Waals surface area contributed by atoms with Crippen LogP contribution in [0.1, 0.15) is 181 Å². The molecule has 0 aliphatic carbocycles. The SMILES string of the molecule is C=CC(C)(CCC=C(C)C)C(C(=O)O)C(C)C.CC(C)=CCCC(C)=CCC(C(=O)O)C(C)C.CC(C)CCC(=O)O.CCC(CC=C(C)CCC=C(C)C)C(=O)O. The molecule has 0 aromatic carbocycles. The molecule has 8 heteroatoms. The number of carboxylic acids is 4. The Kier molecular flexibility index (Phi) is 37.1. The second-order valence-electron chi connectivity index (χ2n) is 17.8. The van der Waals surface area contributed by atoms with Crippen LogP contribution in [0.4, 0.5) is 0 Å². The van der Waals surface area contributed by atoms with Gasteiger partial charge in [-0.15, -0.1) is 6.58 Å². The van der Waals surface area contributed by atoms with Gasteiger partial charge in [-0.25, -0.2) is 0 Å². The van der Waals surface area contributed by atoms with Gasteiger partial charge >= 0.3 is 23.9 Å². The number of hydrogen-bond acceptors (Lipinski definition) is 4. The molecule has 0 radical (unpaired) electrons. The third-order valence-corrected chi connectivity index (χ3v) is 9.90. The van der Waals surface area contributed by atoms with E-state index in [2.05, 4.69) is 92.3 Å². The van der Waals surface area contributed by atoms with Crippen molar-refractivity contribution in [2.75, 3.05) is 0 Å². The molecule has 4 N–H and O–H groups in total. The monoisotopic (exact) mass is 817 g/mol. The smallest absolute Gasteiger partial charge is 0.307 e. The molecule has 0 aromatic heterocycles. The lowest BCUT2D eigenvalue weighted by Gasteiger charge is -2.34. The van der Waals surface area contributed by atoms with Crippen LogP contribution in [0.15, 0.2) is 70.9 Å². The number of carbonyl (C=O) groups is 4. The number of allylic oxidation sites excluding steroid dienone is 11. The summed E-state index contributed by atoms with van der Waals surface area (Å²) in [7, 11) is 0. The maximum Gasteiger partial charge on any atom is 0.307 e. The first kappa shape index (κ1) is 61.0. The van der Waals surface area contributed by atoms with Gasteiger partial charge in [-0.1, -0.05) is 120 Å². The normalized spacial score (nSPS) is 13.8. The van der Waals surface area contributed by atoms with Crippen LogP contribution in [-0.4, -0.2) is 44.3 Å². The van der Waals surface area contributed by atoms with Crippen molar-refractivity contribution in [2.24, 2.45) is 40.9 Å². The highest BCUT2D eigenvalue weighted by atomic mass is 16.4. The third kappa shape index (κ3) is 36.6. The molecule has 0 fully saturated rings. The van der Waals surface area contributed by atoms with Crippen LogP contribution in [0.25, 0.3) is 0 Å². The Bertz CT molecular complexity index is 1330.